The molecule has 3 unspecified atom stereocenters. The Morgan fingerprint density at radius 2 is 0.844 bits per heavy atom. The van der Waals surface area contributed by atoms with E-state index in [-0.39, 0.29) is 24.4 Å². The van der Waals surface area contributed by atoms with E-state index in [1.54, 1.807) is 0 Å². The molecule has 6 nitrogen and oxygen atoms in total. The van der Waals surface area contributed by atoms with Crippen LogP contribution in [-0.4, -0.2) is 78.9 Å². The molecule has 1 saturated heterocycles. The van der Waals surface area contributed by atoms with E-state index < -0.39 is 47.9 Å². The normalized spacial score (nSPS) is 28.8. The molecule has 0 bridgehead atoms. The number of rotatable bonds is 11. The number of hydrogen-bond donors (Lipinski definition) is 0. The molecule has 32 heavy (non-hydrogen) atoms. The van der Waals surface area contributed by atoms with Crippen LogP contribution < -0.4 is 0 Å². The summed E-state index contributed by atoms with van der Waals surface area (Å²) in [4.78, 5) is 0. The molecule has 11 heteroatoms. The van der Waals surface area contributed by atoms with Crippen molar-refractivity contribution in [1.29, 1.82) is 0 Å². The van der Waals surface area contributed by atoms with Gasteiger partial charge in [0.25, 0.3) is 0 Å². The third kappa shape index (κ3) is 12.5. The molecule has 0 amide bonds. The van der Waals surface area contributed by atoms with Crippen molar-refractivity contribution in [2.45, 2.75) is 129 Å². The maximum absolute atomic E-state index is 6.85. The summed E-state index contributed by atoms with van der Waals surface area (Å²) in [6.07, 6.45) is -1.54. The van der Waals surface area contributed by atoms with Crippen LogP contribution in [0.5, 0.6) is 0 Å². The Morgan fingerprint density at radius 1 is 0.469 bits per heavy atom. The van der Waals surface area contributed by atoms with Crippen LogP contribution in [0.25, 0.3) is 0 Å². The van der Waals surface area contributed by atoms with Crippen molar-refractivity contribution in [3.8, 4) is 0 Å². The summed E-state index contributed by atoms with van der Waals surface area (Å²) in [7, 11) is -9.37. The zero-order valence-corrected chi connectivity index (χ0v) is 28.5. The minimum atomic E-state index is -1.92. The Hall–Kier alpha value is 0.844. The predicted molar refractivity (Wildman–Crippen MR) is 147 cm³/mol. The average molecular weight is 541 g/mol. The molecule has 0 aliphatic carbocycles. The van der Waals surface area contributed by atoms with Gasteiger partial charge in [0.05, 0.1) is 6.61 Å². The van der Waals surface area contributed by atoms with E-state index in [0.29, 0.717) is 6.61 Å². The summed E-state index contributed by atoms with van der Waals surface area (Å²) in [6, 6.07) is 0. The lowest BCUT2D eigenvalue weighted by Gasteiger charge is -2.51. The maximum atomic E-state index is 6.85. The van der Waals surface area contributed by atoms with Crippen LogP contribution >= 0.6 is 0 Å². The van der Waals surface area contributed by atoms with Gasteiger partial charge in [0, 0.05) is 0 Å². The summed E-state index contributed by atoms with van der Waals surface area (Å²) in [6.45, 7) is 33.6. The highest BCUT2D eigenvalue weighted by Crippen LogP contribution is 2.35. The molecular formula is C21H52O6Si5. The Kier molecular flexibility index (Phi) is 10.5. The molecule has 0 N–H and O–H groups in total. The fourth-order valence-electron chi connectivity index (χ4n) is 3.41. The maximum Gasteiger partial charge on any atom is 0.187 e. The van der Waals surface area contributed by atoms with E-state index in [2.05, 4.69) is 98.2 Å². The molecular weight excluding hydrogens is 489 g/mol. The molecule has 1 rings (SSSR count). The van der Waals surface area contributed by atoms with Gasteiger partial charge >= 0.3 is 0 Å². The Bertz CT molecular complexity index is 586. The highest BCUT2D eigenvalue weighted by molar-refractivity contribution is 6.71. The molecule has 0 radical (unpaired) electrons. The second kappa shape index (κ2) is 10.8. The zero-order valence-electron chi connectivity index (χ0n) is 23.5. The Morgan fingerprint density at radius 3 is 1.22 bits per heavy atom. The first-order chi connectivity index (χ1) is 14.0. The smallest absolute Gasteiger partial charge is 0.187 e. The zero-order chi connectivity index (χ0) is 25.3. The first kappa shape index (κ1) is 30.9. The standard InChI is InChI=1S/C21H52O6Si5/c1-28(2,3)22-16-17-18(24-29(4,5)6)19(25-30(7,8)9)20(26-31(10,11)12)21(23-17)27-32(13,14)15/h17-21H,16H2,1-15H3/t17?,18-,19?,20?,21-/m0/s1. The van der Waals surface area contributed by atoms with Crippen molar-refractivity contribution in [3.05, 3.63) is 0 Å². The van der Waals surface area contributed by atoms with Crippen molar-refractivity contribution in [2.75, 3.05) is 6.61 Å². The van der Waals surface area contributed by atoms with E-state index in [9.17, 15) is 0 Å². The van der Waals surface area contributed by atoms with Gasteiger partial charge in [0.2, 0.25) is 0 Å². The van der Waals surface area contributed by atoms with Crippen LogP contribution in [0, 0.1) is 0 Å². The minimum absolute atomic E-state index is 0.243. The van der Waals surface area contributed by atoms with Gasteiger partial charge in [-0.05, 0) is 98.2 Å². The van der Waals surface area contributed by atoms with Crippen molar-refractivity contribution < 1.29 is 26.9 Å². The predicted octanol–water partition coefficient (Wildman–Crippen LogP) is 6.07. The third-order valence-electron chi connectivity index (χ3n) is 4.21. The van der Waals surface area contributed by atoms with E-state index in [1.165, 1.54) is 0 Å². The molecule has 0 saturated carbocycles. The molecule has 0 spiro atoms. The summed E-state index contributed by atoms with van der Waals surface area (Å²) in [5, 5.41) is 0. The highest BCUT2D eigenvalue weighted by Gasteiger charge is 2.52. The molecule has 1 aliphatic rings. The van der Waals surface area contributed by atoms with E-state index in [0.717, 1.165) is 0 Å². The topological polar surface area (TPSA) is 55.4 Å². The second-order valence-electron chi connectivity index (χ2n) is 13.8. The summed E-state index contributed by atoms with van der Waals surface area (Å²) < 4.78 is 39.9. The molecule has 192 valence electrons. The van der Waals surface area contributed by atoms with Gasteiger partial charge in [-0.3, -0.25) is 0 Å². The van der Waals surface area contributed by atoms with Gasteiger partial charge in [0.15, 0.2) is 47.9 Å². The third-order valence-corrected chi connectivity index (χ3v) is 9.12. The van der Waals surface area contributed by atoms with Crippen LogP contribution in [0.4, 0.5) is 0 Å². The van der Waals surface area contributed by atoms with Gasteiger partial charge < -0.3 is 26.9 Å². The van der Waals surface area contributed by atoms with Gasteiger partial charge in [-0.25, -0.2) is 0 Å². The first-order valence-corrected chi connectivity index (χ1v) is 29.0. The van der Waals surface area contributed by atoms with E-state index in [1.807, 2.05) is 0 Å². The molecule has 1 heterocycles. The average Bonchev–Trinajstić information content (AvgIpc) is 2.45. The quantitative estimate of drug-likeness (QED) is 0.296. The van der Waals surface area contributed by atoms with Crippen molar-refractivity contribution >= 4 is 41.6 Å². The van der Waals surface area contributed by atoms with Crippen LogP contribution in [0.15, 0.2) is 0 Å². The van der Waals surface area contributed by atoms with Crippen LogP contribution in [0.3, 0.4) is 0 Å². The van der Waals surface area contributed by atoms with Crippen molar-refractivity contribution in [3.63, 3.8) is 0 Å². The van der Waals surface area contributed by atoms with Gasteiger partial charge in [-0.15, -0.1) is 0 Å². The molecule has 5 atom stereocenters. The molecule has 1 aliphatic heterocycles. The summed E-state index contributed by atoms with van der Waals surface area (Å²) in [5.74, 6) is 0. The molecule has 0 aromatic carbocycles. The Balaban J connectivity index is 3.50. The summed E-state index contributed by atoms with van der Waals surface area (Å²) in [5.41, 5.74) is 0. The van der Waals surface area contributed by atoms with Crippen molar-refractivity contribution in [2.24, 2.45) is 0 Å². The van der Waals surface area contributed by atoms with E-state index in [4.69, 9.17) is 26.9 Å². The fraction of sp³-hybridized carbons (Fsp3) is 1.00. The van der Waals surface area contributed by atoms with Crippen LogP contribution in [-0.2, 0) is 26.9 Å². The number of hydrogen-bond acceptors (Lipinski definition) is 6. The fourth-order valence-corrected chi connectivity index (χ4v) is 8.21. The van der Waals surface area contributed by atoms with Crippen LogP contribution in [0.1, 0.15) is 0 Å². The molecule has 0 aromatic heterocycles. The highest BCUT2D eigenvalue weighted by atomic mass is 28.4. The lowest BCUT2D eigenvalue weighted by atomic mass is 9.99. The lowest BCUT2D eigenvalue weighted by Crippen LogP contribution is -2.67. The van der Waals surface area contributed by atoms with Gasteiger partial charge in [-0.1, -0.05) is 0 Å². The van der Waals surface area contributed by atoms with Gasteiger partial charge in [0.1, 0.15) is 24.4 Å². The monoisotopic (exact) mass is 540 g/mol. The van der Waals surface area contributed by atoms with Crippen LogP contribution in [0.2, 0.25) is 98.2 Å². The largest absolute Gasteiger partial charge is 0.415 e. The summed E-state index contributed by atoms with van der Waals surface area (Å²) >= 11 is 0. The first-order valence-electron chi connectivity index (χ1n) is 12.0. The van der Waals surface area contributed by atoms with Crippen molar-refractivity contribution in [1.82, 2.24) is 0 Å². The SMILES string of the molecule is C[Si](C)(C)OCC1O[C@@H](O[Si](C)(C)C)C(O[Si](C)(C)C)C(O[Si](C)(C)C)[C@H]1O[Si](C)(C)C. The molecule has 1 fully saturated rings. The lowest BCUT2D eigenvalue weighted by molar-refractivity contribution is -0.268. The second-order valence-corrected chi connectivity index (χ2v) is 36.1. The van der Waals surface area contributed by atoms with E-state index >= 15 is 0 Å². The number of ether oxygens (including phenoxy) is 1. The van der Waals surface area contributed by atoms with Gasteiger partial charge in [-0.2, -0.15) is 0 Å². The minimum Gasteiger partial charge on any atom is -0.415 e. The molecule has 0 aromatic rings. The Labute approximate surface area is 203 Å².